The molecule has 0 fully saturated rings. The first-order valence-corrected chi connectivity index (χ1v) is 8.06. The fraction of sp³-hybridized carbons (Fsp3) is 0.0588. The molecule has 0 bridgehead atoms. The molecule has 6 nitrogen and oxygen atoms in total. The van der Waals surface area contributed by atoms with Gasteiger partial charge in [0, 0.05) is 23.6 Å². The second-order valence-corrected chi connectivity index (χ2v) is 5.90. The number of hydrogen-bond donors (Lipinski definition) is 3. The van der Waals surface area contributed by atoms with Crippen molar-refractivity contribution in [2.45, 2.75) is 0 Å². The van der Waals surface area contributed by atoms with Crippen LogP contribution in [0.5, 0.6) is 17.2 Å². The molecule has 2 aromatic carbocycles. The first kappa shape index (κ1) is 16.7. The standard InChI is InChI=1S/C17H14FN3O3S/c1-19-17-21(13(9-25-17)10-2-5-12(18)6-3-10)20-8-11-4-7-14(22)16(24)15(11)23/h2-9,22-24H,1H3/b19-17?,20-8+. The lowest BCUT2D eigenvalue weighted by atomic mass is 10.2. The van der Waals surface area contributed by atoms with E-state index in [4.69, 9.17) is 0 Å². The van der Waals surface area contributed by atoms with Gasteiger partial charge in [0.25, 0.3) is 0 Å². The number of halogens is 1. The Hall–Kier alpha value is -3.13. The number of thiazole rings is 1. The van der Waals surface area contributed by atoms with Crippen LogP contribution in [-0.4, -0.2) is 33.3 Å². The molecule has 0 amide bonds. The van der Waals surface area contributed by atoms with Crippen LogP contribution in [0.3, 0.4) is 0 Å². The summed E-state index contributed by atoms with van der Waals surface area (Å²) in [5, 5.41) is 35.0. The van der Waals surface area contributed by atoms with E-state index in [2.05, 4.69) is 10.1 Å². The maximum Gasteiger partial charge on any atom is 0.205 e. The number of aromatic hydroxyl groups is 3. The third-order valence-electron chi connectivity index (χ3n) is 3.49. The molecule has 0 aliphatic rings. The van der Waals surface area contributed by atoms with E-state index in [1.54, 1.807) is 23.9 Å². The van der Waals surface area contributed by atoms with Crippen LogP contribution in [0.2, 0.25) is 0 Å². The maximum atomic E-state index is 13.1. The SMILES string of the molecule is CN=c1scc(-c2ccc(F)cc2)n1/N=C/c1ccc(O)c(O)c1O. The van der Waals surface area contributed by atoms with Crippen molar-refractivity contribution in [3.8, 4) is 28.5 Å². The third-order valence-corrected chi connectivity index (χ3v) is 4.40. The van der Waals surface area contributed by atoms with Crippen LogP contribution in [0.15, 0.2) is 51.9 Å². The second kappa shape index (κ2) is 6.78. The molecule has 0 radical (unpaired) electrons. The molecule has 0 aliphatic carbocycles. The molecule has 0 aliphatic heterocycles. The van der Waals surface area contributed by atoms with Crippen molar-refractivity contribution >= 4 is 17.6 Å². The second-order valence-electron chi connectivity index (χ2n) is 5.06. The summed E-state index contributed by atoms with van der Waals surface area (Å²) in [6, 6.07) is 8.64. The van der Waals surface area contributed by atoms with Gasteiger partial charge in [0.1, 0.15) is 5.82 Å². The summed E-state index contributed by atoms with van der Waals surface area (Å²) in [5.74, 6) is -1.84. The first-order chi connectivity index (χ1) is 12.0. The van der Waals surface area contributed by atoms with Gasteiger partial charge in [-0.15, -0.1) is 11.3 Å². The summed E-state index contributed by atoms with van der Waals surface area (Å²) in [6.07, 6.45) is 1.34. The predicted molar refractivity (Wildman–Crippen MR) is 93.6 cm³/mol. The predicted octanol–water partition coefficient (Wildman–Crippen LogP) is 2.89. The van der Waals surface area contributed by atoms with Gasteiger partial charge in [-0.3, -0.25) is 4.99 Å². The maximum absolute atomic E-state index is 13.1. The van der Waals surface area contributed by atoms with Crippen molar-refractivity contribution in [3.63, 3.8) is 0 Å². The van der Waals surface area contributed by atoms with Crippen LogP contribution in [0, 0.1) is 5.82 Å². The Morgan fingerprint density at radius 3 is 2.44 bits per heavy atom. The fourth-order valence-electron chi connectivity index (χ4n) is 2.19. The van der Waals surface area contributed by atoms with E-state index in [1.807, 2.05) is 5.38 Å². The molecule has 1 heterocycles. The molecule has 0 unspecified atom stereocenters. The van der Waals surface area contributed by atoms with Gasteiger partial charge in [-0.1, -0.05) is 0 Å². The summed E-state index contributed by atoms with van der Waals surface area (Å²) in [4.78, 5) is 4.74. The lowest BCUT2D eigenvalue weighted by Gasteiger charge is -2.05. The van der Waals surface area contributed by atoms with Crippen LogP contribution in [0.25, 0.3) is 11.3 Å². The van der Waals surface area contributed by atoms with Crippen LogP contribution >= 0.6 is 11.3 Å². The zero-order chi connectivity index (χ0) is 18.0. The number of nitrogens with zero attached hydrogens (tertiary/aromatic N) is 3. The minimum Gasteiger partial charge on any atom is -0.504 e. The van der Waals surface area contributed by atoms with Gasteiger partial charge in [0.15, 0.2) is 11.5 Å². The molecule has 0 atom stereocenters. The summed E-state index contributed by atoms with van der Waals surface area (Å²) in [7, 11) is 1.62. The number of phenolic OH excluding ortho intramolecular Hbond substituents is 3. The van der Waals surface area contributed by atoms with Crippen molar-refractivity contribution in [2.75, 3.05) is 7.05 Å². The van der Waals surface area contributed by atoms with Crippen LogP contribution in [0.4, 0.5) is 4.39 Å². The average molecular weight is 359 g/mol. The highest BCUT2D eigenvalue weighted by Crippen LogP contribution is 2.36. The summed E-state index contributed by atoms with van der Waals surface area (Å²) in [5.41, 5.74) is 1.67. The number of phenols is 3. The zero-order valence-electron chi connectivity index (χ0n) is 13.1. The first-order valence-electron chi connectivity index (χ1n) is 7.19. The molecule has 3 rings (SSSR count). The lowest BCUT2D eigenvalue weighted by molar-refractivity contribution is 0.367. The number of benzene rings is 2. The topological polar surface area (TPSA) is 90.3 Å². The molecular formula is C17H14FN3O3S. The Morgan fingerprint density at radius 1 is 1.04 bits per heavy atom. The smallest absolute Gasteiger partial charge is 0.205 e. The van der Waals surface area contributed by atoms with E-state index in [0.29, 0.717) is 10.5 Å². The summed E-state index contributed by atoms with van der Waals surface area (Å²) in [6.45, 7) is 0. The highest BCUT2D eigenvalue weighted by molar-refractivity contribution is 7.07. The summed E-state index contributed by atoms with van der Waals surface area (Å²) < 4.78 is 14.7. The summed E-state index contributed by atoms with van der Waals surface area (Å²) >= 11 is 1.36. The molecule has 1 aromatic heterocycles. The molecule has 128 valence electrons. The largest absolute Gasteiger partial charge is 0.504 e. The third kappa shape index (κ3) is 3.24. The Morgan fingerprint density at radius 2 is 1.76 bits per heavy atom. The van der Waals surface area contributed by atoms with E-state index in [-0.39, 0.29) is 11.4 Å². The molecule has 0 spiro atoms. The van der Waals surface area contributed by atoms with Gasteiger partial charge in [-0.25, -0.2) is 9.07 Å². The highest BCUT2D eigenvalue weighted by atomic mass is 32.1. The molecule has 3 aromatic rings. The van der Waals surface area contributed by atoms with Crippen molar-refractivity contribution in [3.05, 3.63) is 58.0 Å². The van der Waals surface area contributed by atoms with Gasteiger partial charge in [0.05, 0.1) is 11.9 Å². The Balaban J connectivity index is 2.07. The van der Waals surface area contributed by atoms with Gasteiger partial charge < -0.3 is 15.3 Å². The number of rotatable bonds is 3. The normalized spacial score (nSPS) is 12.2. The molecule has 0 saturated heterocycles. The van der Waals surface area contributed by atoms with Gasteiger partial charge in [0.2, 0.25) is 10.6 Å². The van der Waals surface area contributed by atoms with Gasteiger partial charge in [-0.05, 0) is 36.4 Å². The minimum absolute atomic E-state index is 0.223. The minimum atomic E-state index is -0.613. The van der Waals surface area contributed by atoms with Gasteiger partial charge >= 0.3 is 0 Å². The average Bonchev–Trinajstić information content (AvgIpc) is 3.02. The highest BCUT2D eigenvalue weighted by Gasteiger charge is 2.11. The molecule has 8 heteroatoms. The van der Waals surface area contributed by atoms with E-state index < -0.39 is 17.2 Å². The molecule has 25 heavy (non-hydrogen) atoms. The lowest BCUT2D eigenvalue weighted by Crippen LogP contribution is -2.11. The Labute approximate surface area is 146 Å². The van der Waals surface area contributed by atoms with Crippen molar-refractivity contribution in [1.82, 2.24) is 4.68 Å². The van der Waals surface area contributed by atoms with E-state index >= 15 is 0 Å². The molecule has 3 N–H and O–H groups in total. The molecular weight excluding hydrogens is 345 g/mol. The quantitative estimate of drug-likeness (QED) is 0.496. The van der Waals surface area contributed by atoms with Gasteiger partial charge in [-0.2, -0.15) is 5.10 Å². The van der Waals surface area contributed by atoms with Crippen LogP contribution in [0.1, 0.15) is 5.56 Å². The van der Waals surface area contributed by atoms with Crippen LogP contribution < -0.4 is 4.80 Å². The Bertz CT molecular complexity index is 1010. The number of aromatic nitrogens is 1. The van der Waals surface area contributed by atoms with E-state index in [9.17, 15) is 19.7 Å². The van der Waals surface area contributed by atoms with Crippen molar-refractivity contribution in [1.29, 1.82) is 0 Å². The fourth-order valence-corrected chi connectivity index (χ4v) is 2.99. The zero-order valence-corrected chi connectivity index (χ0v) is 13.9. The van der Waals surface area contributed by atoms with Crippen molar-refractivity contribution < 1.29 is 19.7 Å². The Kier molecular flexibility index (Phi) is 4.53. The van der Waals surface area contributed by atoms with E-state index in [0.717, 1.165) is 5.56 Å². The number of hydrogen-bond acceptors (Lipinski definition) is 6. The molecule has 0 saturated carbocycles. The van der Waals surface area contributed by atoms with Crippen molar-refractivity contribution in [2.24, 2.45) is 10.1 Å². The van der Waals surface area contributed by atoms with E-state index in [1.165, 1.54) is 41.8 Å². The monoisotopic (exact) mass is 359 g/mol. The van der Waals surface area contributed by atoms with Crippen LogP contribution in [-0.2, 0) is 0 Å².